The lowest BCUT2D eigenvalue weighted by atomic mass is 9.85. The number of amides is 1. The number of anilines is 1. The van der Waals surface area contributed by atoms with Crippen LogP contribution in [0.15, 0.2) is 36.5 Å². The molecule has 1 aromatic carbocycles. The molecule has 0 unspecified atom stereocenters. The minimum absolute atomic E-state index is 0.00868. The molecule has 0 fully saturated rings. The third kappa shape index (κ3) is 4.00. The van der Waals surface area contributed by atoms with Gasteiger partial charge in [-0.2, -0.15) is 5.10 Å². The first-order valence-corrected chi connectivity index (χ1v) is 10.9. The molecule has 3 aromatic heterocycles. The highest BCUT2D eigenvalue weighted by atomic mass is 19.3. The maximum Gasteiger partial charge on any atom is 0.239 e. The largest absolute Gasteiger partial charge is 0.310 e. The molecule has 35 heavy (non-hydrogen) atoms. The quantitative estimate of drug-likeness (QED) is 0.403. The predicted octanol–water partition coefficient (Wildman–Crippen LogP) is 4.64. The molecule has 1 aliphatic rings. The zero-order chi connectivity index (χ0) is 24.9. The molecule has 0 radical (unpaired) electrons. The van der Waals surface area contributed by atoms with E-state index in [4.69, 9.17) is 0 Å². The van der Waals surface area contributed by atoms with Gasteiger partial charge in [-0.15, -0.1) is 0 Å². The van der Waals surface area contributed by atoms with Crippen molar-refractivity contribution in [1.29, 1.82) is 0 Å². The molecule has 1 amide bonds. The van der Waals surface area contributed by atoms with Crippen molar-refractivity contribution in [3.63, 3.8) is 0 Å². The van der Waals surface area contributed by atoms with E-state index >= 15 is 0 Å². The van der Waals surface area contributed by atoms with Crippen LogP contribution in [0.2, 0.25) is 0 Å². The fraction of sp³-hybridized carbons (Fsp3) is 0.292. The lowest BCUT2D eigenvalue weighted by Gasteiger charge is -2.18. The molecule has 0 bridgehead atoms. The number of fused-ring (bicyclic) bond motifs is 2. The average Bonchev–Trinajstić information content (AvgIpc) is 3.27. The van der Waals surface area contributed by atoms with Crippen molar-refractivity contribution in [2.45, 2.75) is 45.1 Å². The smallest absolute Gasteiger partial charge is 0.239 e. The SMILES string of the molecule is CC1(C)C(=O)Nc2nc(-c3nn(Cc4ccccc4F)c4ncc(F)cc34)nc(CCC(F)F)c21. The van der Waals surface area contributed by atoms with Crippen LogP contribution in [-0.2, 0) is 23.2 Å². The Labute approximate surface area is 197 Å². The molecule has 1 aliphatic heterocycles. The lowest BCUT2D eigenvalue weighted by molar-refractivity contribution is -0.119. The molecule has 11 heteroatoms. The van der Waals surface area contributed by atoms with Crippen LogP contribution in [0.4, 0.5) is 23.4 Å². The van der Waals surface area contributed by atoms with Crippen LogP contribution in [0.3, 0.4) is 0 Å². The van der Waals surface area contributed by atoms with Gasteiger partial charge >= 0.3 is 0 Å². The van der Waals surface area contributed by atoms with Gasteiger partial charge in [-0.25, -0.2) is 37.2 Å². The highest BCUT2D eigenvalue weighted by Crippen LogP contribution is 2.40. The van der Waals surface area contributed by atoms with E-state index in [1.165, 1.54) is 16.8 Å². The highest BCUT2D eigenvalue weighted by molar-refractivity contribution is 6.05. The van der Waals surface area contributed by atoms with E-state index in [0.29, 0.717) is 11.1 Å². The Hall–Kier alpha value is -3.89. The maximum atomic E-state index is 14.3. The van der Waals surface area contributed by atoms with Crippen molar-refractivity contribution in [2.75, 3.05) is 5.32 Å². The Morgan fingerprint density at radius 3 is 2.66 bits per heavy atom. The Balaban J connectivity index is 1.68. The molecule has 0 spiro atoms. The lowest BCUT2D eigenvalue weighted by Crippen LogP contribution is -2.28. The molecule has 0 atom stereocenters. The second-order valence-corrected chi connectivity index (χ2v) is 8.85. The van der Waals surface area contributed by atoms with Gasteiger partial charge in [0.15, 0.2) is 11.5 Å². The predicted molar refractivity (Wildman–Crippen MR) is 120 cm³/mol. The maximum absolute atomic E-state index is 14.3. The third-order valence-corrected chi connectivity index (χ3v) is 6.05. The zero-order valence-electron chi connectivity index (χ0n) is 18.8. The molecule has 0 saturated heterocycles. The minimum Gasteiger partial charge on any atom is -0.310 e. The second-order valence-electron chi connectivity index (χ2n) is 8.85. The molecular weight excluding hydrogens is 464 g/mol. The van der Waals surface area contributed by atoms with Crippen molar-refractivity contribution in [3.8, 4) is 11.5 Å². The van der Waals surface area contributed by atoms with E-state index in [1.807, 2.05) is 0 Å². The zero-order valence-corrected chi connectivity index (χ0v) is 18.8. The average molecular weight is 484 g/mol. The summed E-state index contributed by atoms with van der Waals surface area (Å²) in [4.78, 5) is 25.6. The molecular formula is C24H20F4N6O. The van der Waals surface area contributed by atoms with Crippen LogP contribution >= 0.6 is 0 Å². The van der Waals surface area contributed by atoms with Crippen LogP contribution in [0.5, 0.6) is 0 Å². The van der Waals surface area contributed by atoms with E-state index in [1.54, 1.807) is 32.0 Å². The molecule has 5 rings (SSSR count). The van der Waals surface area contributed by atoms with Gasteiger partial charge in [0.2, 0.25) is 12.3 Å². The number of pyridine rings is 1. The molecule has 4 heterocycles. The number of aryl methyl sites for hydroxylation is 1. The number of benzene rings is 1. The number of nitrogens with zero attached hydrogens (tertiary/aromatic N) is 5. The molecule has 0 aliphatic carbocycles. The van der Waals surface area contributed by atoms with Crippen LogP contribution in [0.1, 0.15) is 37.1 Å². The standard InChI is InChI=1S/C24H20F4N6O/c1-24(2)18-16(7-8-17(27)28)30-21(31-20(18)32-23(24)35)19-14-9-13(25)10-29-22(14)34(33-19)11-12-5-3-4-6-15(12)26/h3-6,9-10,17H,7-8,11H2,1-2H3,(H,30,31,32,35). The number of halogens is 4. The van der Waals surface area contributed by atoms with Crippen molar-refractivity contribution in [3.05, 3.63) is 65.0 Å². The summed E-state index contributed by atoms with van der Waals surface area (Å²) in [6.45, 7) is 3.34. The number of nitrogens with one attached hydrogen (secondary N) is 1. The summed E-state index contributed by atoms with van der Waals surface area (Å²) in [6.07, 6.45) is -2.08. The summed E-state index contributed by atoms with van der Waals surface area (Å²) >= 11 is 0. The molecule has 0 saturated carbocycles. The monoisotopic (exact) mass is 484 g/mol. The minimum atomic E-state index is -2.56. The number of hydrogen-bond acceptors (Lipinski definition) is 5. The number of alkyl halides is 2. The van der Waals surface area contributed by atoms with Crippen LogP contribution in [0, 0.1) is 11.6 Å². The second kappa shape index (κ2) is 8.40. The number of hydrogen-bond donors (Lipinski definition) is 1. The van der Waals surface area contributed by atoms with Crippen LogP contribution in [0.25, 0.3) is 22.6 Å². The number of rotatable bonds is 6. The summed E-state index contributed by atoms with van der Waals surface area (Å²) in [5.74, 6) is -1.17. The van der Waals surface area contributed by atoms with Crippen molar-refractivity contribution in [1.82, 2.24) is 24.7 Å². The Bertz CT molecular complexity index is 1470. The van der Waals surface area contributed by atoms with Gasteiger partial charge < -0.3 is 5.32 Å². The Morgan fingerprint density at radius 1 is 1.14 bits per heavy atom. The van der Waals surface area contributed by atoms with Gasteiger partial charge in [0, 0.05) is 17.5 Å². The van der Waals surface area contributed by atoms with Gasteiger partial charge in [0.05, 0.1) is 29.2 Å². The first-order valence-electron chi connectivity index (χ1n) is 10.9. The third-order valence-electron chi connectivity index (χ3n) is 6.05. The first-order chi connectivity index (χ1) is 16.6. The molecule has 180 valence electrons. The van der Waals surface area contributed by atoms with Crippen LogP contribution < -0.4 is 5.32 Å². The van der Waals surface area contributed by atoms with Gasteiger partial charge in [-0.3, -0.25) is 4.79 Å². The Kier molecular flexibility index (Phi) is 5.49. The van der Waals surface area contributed by atoms with Gasteiger partial charge in [-0.1, -0.05) is 18.2 Å². The van der Waals surface area contributed by atoms with Gasteiger partial charge in [-0.05, 0) is 32.4 Å². The summed E-state index contributed by atoms with van der Waals surface area (Å²) in [5, 5.41) is 7.45. The van der Waals surface area contributed by atoms with E-state index in [-0.39, 0.29) is 52.9 Å². The topological polar surface area (TPSA) is 85.6 Å². The van der Waals surface area contributed by atoms with Gasteiger partial charge in [0.25, 0.3) is 0 Å². The fourth-order valence-corrected chi connectivity index (χ4v) is 4.26. The van der Waals surface area contributed by atoms with E-state index in [2.05, 4.69) is 25.4 Å². The van der Waals surface area contributed by atoms with E-state index in [9.17, 15) is 22.4 Å². The first kappa shape index (κ1) is 22.9. The molecule has 1 N–H and O–H groups in total. The summed E-state index contributed by atoms with van der Waals surface area (Å²) in [5.41, 5.74) is 0.485. The summed E-state index contributed by atoms with van der Waals surface area (Å²) < 4.78 is 55.9. The van der Waals surface area contributed by atoms with E-state index in [0.717, 1.165) is 6.20 Å². The highest BCUT2D eigenvalue weighted by Gasteiger charge is 2.42. The van der Waals surface area contributed by atoms with Gasteiger partial charge in [0.1, 0.15) is 23.1 Å². The molecule has 4 aromatic rings. The van der Waals surface area contributed by atoms with E-state index < -0.39 is 29.9 Å². The Morgan fingerprint density at radius 2 is 1.91 bits per heavy atom. The van der Waals surface area contributed by atoms with Crippen LogP contribution in [-0.4, -0.2) is 37.1 Å². The number of carbonyl (C=O) groups excluding carboxylic acids is 1. The summed E-state index contributed by atoms with van der Waals surface area (Å²) in [7, 11) is 0. The number of aromatic nitrogens is 5. The fourth-order valence-electron chi connectivity index (χ4n) is 4.26. The van der Waals surface area contributed by atoms with Crippen molar-refractivity contribution < 1.29 is 22.4 Å². The number of carbonyl (C=O) groups is 1. The normalized spacial score (nSPS) is 14.5. The molecule has 7 nitrogen and oxygen atoms in total. The van der Waals surface area contributed by atoms with Crippen molar-refractivity contribution in [2.24, 2.45) is 0 Å². The van der Waals surface area contributed by atoms with Crippen molar-refractivity contribution >= 4 is 22.8 Å². The summed E-state index contributed by atoms with van der Waals surface area (Å²) in [6, 6.07) is 7.37.